The highest BCUT2D eigenvalue weighted by Crippen LogP contribution is 2.25. The first-order valence-electron chi connectivity index (χ1n) is 6.66. The molecule has 1 aliphatic rings. The van der Waals surface area contributed by atoms with Crippen LogP contribution in [0.25, 0.3) is 0 Å². The van der Waals surface area contributed by atoms with Crippen LogP contribution in [0.2, 0.25) is 0 Å². The highest BCUT2D eigenvalue weighted by molar-refractivity contribution is 7.91. The van der Waals surface area contributed by atoms with Gasteiger partial charge in [-0.3, -0.25) is 0 Å². The lowest BCUT2D eigenvalue weighted by Crippen LogP contribution is -2.32. The van der Waals surface area contributed by atoms with Crippen molar-refractivity contribution in [3.8, 4) is 0 Å². The third-order valence-electron chi connectivity index (χ3n) is 3.56. The molecule has 0 aliphatic carbocycles. The van der Waals surface area contributed by atoms with Crippen molar-refractivity contribution in [3.63, 3.8) is 0 Å². The summed E-state index contributed by atoms with van der Waals surface area (Å²) in [6.45, 7) is 5.32. The molecule has 0 bridgehead atoms. The molecule has 0 amide bonds. The largest absolute Gasteiger partial charge is 0.382 e. The molecule has 1 heterocycles. The molecule has 1 atom stereocenters. The lowest BCUT2D eigenvalue weighted by atomic mass is 10.0. The Kier molecular flexibility index (Phi) is 4.16. The molecular weight excluding hydrogens is 262 g/mol. The van der Waals surface area contributed by atoms with Crippen LogP contribution in [0.4, 0.5) is 5.69 Å². The lowest BCUT2D eigenvalue weighted by molar-refractivity contribution is 0.0315. The molecule has 0 aromatic heterocycles. The molecule has 0 spiro atoms. The number of nitrogens with one attached hydrogen (secondary N) is 1. The summed E-state index contributed by atoms with van der Waals surface area (Å²) in [7, 11) is -3.11. The van der Waals surface area contributed by atoms with Crippen LogP contribution in [0.3, 0.4) is 0 Å². The Morgan fingerprint density at radius 1 is 1.32 bits per heavy atom. The highest BCUT2D eigenvalue weighted by Gasteiger charge is 2.29. The normalized spacial score (nSPS) is 23.5. The number of benzene rings is 1. The summed E-state index contributed by atoms with van der Waals surface area (Å²) in [6.07, 6.45) is 2.16. The molecule has 1 aliphatic heterocycles. The van der Waals surface area contributed by atoms with Gasteiger partial charge in [-0.05, 0) is 44.0 Å². The predicted molar refractivity (Wildman–Crippen MR) is 76.2 cm³/mol. The molecule has 2 rings (SSSR count). The number of sulfone groups is 1. The Balaban J connectivity index is 1.99. The van der Waals surface area contributed by atoms with Gasteiger partial charge in [0.1, 0.15) is 0 Å². The SMILES string of the molecule is CCS(=O)(=O)c1ccc(NCC2(C)CCCO2)cc1. The summed E-state index contributed by atoms with van der Waals surface area (Å²) in [6, 6.07) is 6.92. The summed E-state index contributed by atoms with van der Waals surface area (Å²) in [5.74, 6) is 0.131. The van der Waals surface area contributed by atoms with Crippen LogP contribution in [0.15, 0.2) is 29.2 Å². The van der Waals surface area contributed by atoms with Gasteiger partial charge in [-0.15, -0.1) is 0 Å². The molecule has 1 aromatic rings. The molecule has 0 saturated carbocycles. The standard InChI is InChI=1S/C14H21NO3S/c1-3-19(16,17)13-7-5-12(6-8-13)15-11-14(2)9-4-10-18-14/h5-8,15H,3-4,9-11H2,1-2H3. The fraction of sp³-hybridized carbons (Fsp3) is 0.571. The molecule has 4 nitrogen and oxygen atoms in total. The van der Waals surface area contributed by atoms with E-state index in [0.29, 0.717) is 4.90 Å². The van der Waals surface area contributed by atoms with E-state index in [1.54, 1.807) is 31.2 Å². The third kappa shape index (κ3) is 3.48. The molecule has 1 fully saturated rings. The van der Waals surface area contributed by atoms with Gasteiger partial charge in [0.25, 0.3) is 0 Å². The fourth-order valence-electron chi connectivity index (χ4n) is 2.21. The van der Waals surface area contributed by atoms with Gasteiger partial charge in [0, 0.05) is 18.8 Å². The van der Waals surface area contributed by atoms with E-state index in [9.17, 15) is 8.42 Å². The number of hydrogen-bond donors (Lipinski definition) is 1. The van der Waals surface area contributed by atoms with Crippen molar-refractivity contribution in [1.82, 2.24) is 0 Å². The third-order valence-corrected chi connectivity index (χ3v) is 5.31. The Bertz CT molecular complexity index is 516. The molecule has 1 N–H and O–H groups in total. The first-order valence-corrected chi connectivity index (χ1v) is 8.31. The van der Waals surface area contributed by atoms with Gasteiger partial charge in [0.05, 0.1) is 16.2 Å². The van der Waals surface area contributed by atoms with E-state index in [1.807, 2.05) is 0 Å². The lowest BCUT2D eigenvalue weighted by Gasteiger charge is -2.24. The maximum atomic E-state index is 11.7. The van der Waals surface area contributed by atoms with Crippen LogP contribution < -0.4 is 5.32 Å². The average Bonchev–Trinajstić information content (AvgIpc) is 2.84. The first-order chi connectivity index (χ1) is 8.95. The summed E-state index contributed by atoms with van der Waals surface area (Å²) in [5, 5.41) is 3.30. The molecule has 1 aromatic carbocycles. The molecule has 106 valence electrons. The van der Waals surface area contributed by atoms with E-state index in [0.717, 1.165) is 31.7 Å². The highest BCUT2D eigenvalue weighted by atomic mass is 32.2. The molecular formula is C14H21NO3S. The smallest absolute Gasteiger partial charge is 0.178 e. The van der Waals surface area contributed by atoms with Gasteiger partial charge in [0.15, 0.2) is 9.84 Å². The molecule has 1 unspecified atom stereocenters. The summed E-state index contributed by atoms with van der Waals surface area (Å²) in [4.78, 5) is 0.379. The van der Waals surface area contributed by atoms with Crippen LogP contribution in [0.1, 0.15) is 26.7 Å². The maximum absolute atomic E-state index is 11.7. The number of ether oxygens (including phenoxy) is 1. The van der Waals surface area contributed by atoms with Crippen molar-refractivity contribution < 1.29 is 13.2 Å². The Labute approximate surface area is 115 Å². The minimum absolute atomic E-state index is 0.103. The number of hydrogen-bond acceptors (Lipinski definition) is 4. The van der Waals surface area contributed by atoms with Crippen molar-refractivity contribution in [3.05, 3.63) is 24.3 Å². The first kappa shape index (κ1) is 14.3. The van der Waals surface area contributed by atoms with Gasteiger partial charge in [-0.2, -0.15) is 0 Å². The van der Waals surface area contributed by atoms with Crippen LogP contribution in [-0.4, -0.2) is 32.9 Å². The van der Waals surface area contributed by atoms with Gasteiger partial charge >= 0.3 is 0 Å². The quantitative estimate of drug-likeness (QED) is 0.902. The van der Waals surface area contributed by atoms with Crippen LogP contribution in [0, 0.1) is 0 Å². The second-order valence-electron chi connectivity index (χ2n) is 5.18. The van der Waals surface area contributed by atoms with E-state index in [4.69, 9.17) is 4.74 Å². The van der Waals surface area contributed by atoms with Crippen LogP contribution in [-0.2, 0) is 14.6 Å². The fourth-order valence-corrected chi connectivity index (χ4v) is 3.10. The minimum atomic E-state index is -3.11. The van der Waals surface area contributed by atoms with E-state index in [-0.39, 0.29) is 11.4 Å². The van der Waals surface area contributed by atoms with Gasteiger partial charge < -0.3 is 10.1 Å². The number of anilines is 1. The Morgan fingerprint density at radius 2 is 2.00 bits per heavy atom. The van der Waals surface area contributed by atoms with Crippen molar-refractivity contribution >= 4 is 15.5 Å². The van der Waals surface area contributed by atoms with Gasteiger partial charge in [-0.1, -0.05) is 6.92 Å². The van der Waals surface area contributed by atoms with Crippen molar-refractivity contribution in [1.29, 1.82) is 0 Å². The summed E-state index contributed by atoms with van der Waals surface area (Å²) < 4.78 is 29.1. The Morgan fingerprint density at radius 3 is 2.53 bits per heavy atom. The average molecular weight is 283 g/mol. The topological polar surface area (TPSA) is 55.4 Å². The second-order valence-corrected chi connectivity index (χ2v) is 7.46. The maximum Gasteiger partial charge on any atom is 0.178 e. The van der Waals surface area contributed by atoms with Crippen LogP contribution >= 0.6 is 0 Å². The van der Waals surface area contributed by atoms with E-state index >= 15 is 0 Å². The summed E-state index contributed by atoms with van der Waals surface area (Å²) in [5.41, 5.74) is 0.820. The molecule has 5 heteroatoms. The monoisotopic (exact) mass is 283 g/mol. The van der Waals surface area contributed by atoms with E-state index in [2.05, 4.69) is 12.2 Å². The van der Waals surface area contributed by atoms with E-state index in [1.165, 1.54) is 0 Å². The summed E-state index contributed by atoms with van der Waals surface area (Å²) >= 11 is 0. The number of rotatable bonds is 5. The van der Waals surface area contributed by atoms with Gasteiger partial charge in [0.2, 0.25) is 0 Å². The van der Waals surface area contributed by atoms with Crippen molar-refractivity contribution in [2.24, 2.45) is 0 Å². The zero-order chi connectivity index (χ0) is 13.9. The molecule has 19 heavy (non-hydrogen) atoms. The molecule has 0 radical (unpaired) electrons. The minimum Gasteiger partial charge on any atom is -0.382 e. The zero-order valence-electron chi connectivity index (χ0n) is 11.5. The predicted octanol–water partition coefficient (Wildman–Crippen LogP) is 2.46. The zero-order valence-corrected chi connectivity index (χ0v) is 12.3. The van der Waals surface area contributed by atoms with Crippen LogP contribution in [0.5, 0.6) is 0 Å². The van der Waals surface area contributed by atoms with Crippen molar-refractivity contribution in [2.75, 3.05) is 24.2 Å². The second kappa shape index (κ2) is 5.51. The molecule has 1 saturated heterocycles. The van der Waals surface area contributed by atoms with E-state index < -0.39 is 9.84 Å². The van der Waals surface area contributed by atoms with Crippen molar-refractivity contribution in [2.45, 2.75) is 37.2 Å². The van der Waals surface area contributed by atoms with Gasteiger partial charge in [-0.25, -0.2) is 8.42 Å². The Hall–Kier alpha value is -1.07.